The van der Waals surface area contributed by atoms with Crippen molar-refractivity contribution >= 4 is 11.9 Å². The number of hydrogen-bond donors (Lipinski definition) is 3. The summed E-state index contributed by atoms with van der Waals surface area (Å²) < 4.78 is 0. The van der Waals surface area contributed by atoms with Gasteiger partial charge in [-0.15, -0.1) is 0 Å². The smallest absolute Gasteiger partial charge is 0.332 e. The molecule has 0 radical (unpaired) electrons. The number of carboxylic acids is 2. The van der Waals surface area contributed by atoms with Crippen LogP contribution in [0.1, 0.15) is 13.8 Å². The maximum Gasteiger partial charge on any atom is 0.332 e. The Hall–Kier alpha value is -0.412. The molecule has 74 valence electrons. The number of carboxylic acid groups (broad SMARTS) is 2. The molecule has 0 aliphatic rings. The van der Waals surface area contributed by atoms with Crippen LogP contribution in [0.25, 0.3) is 0 Å². The van der Waals surface area contributed by atoms with Crippen molar-refractivity contribution < 1.29 is 40.9 Å². The summed E-state index contributed by atoms with van der Waals surface area (Å²) >= 11 is 0. The summed E-state index contributed by atoms with van der Waals surface area (Å²) in [5, 5.41) is 19.1. The fourth-order valence-corrected chi connectivity index (χ4v) is 0.582. The van der Waals surface area contributed by atoms with Crippen molar-refractivity contribution in [2.75, 3.05) is 0 Å². The minimum Gasteiger partial charge on any atom is -0.480 e. The molecule has 0 fully saturated rings. The molecule has 0 unspecified atom stereocenters. The predicted molar refractivity (Wildman–Crippen MR) is 37.3 cm³/mol. The Balaban J connectivity index is 0. The molecule has 3 N–H and O–H groups in total. The minimum atomic E-state index is -1.50. The first-order valence-corrected chi connectivity index (χ1v) is 3.16. The molecule has 0 aromatic heterocycles. The second kappa shape index (κ2) is 6.14. The van der Waals surface area contributed by atoms with Crippen LogP contribution < -0.4 is 5.32 Å². The zero-order valence-corrected chi connectivity index (χ0v) is 8.95. The Labute approximate surface area is 84.4 Å². The molecule has 0 saturated heterocycles. The molecule has 0 aliphatic carbocycles. The van der Waals surface area contributed by atoms with E-state index in [0.29, 0.717) is 0 Å². The number of nitrogens with one attached hydrogen (secondary N) is 1. The van der Waals surface area contributed by atoms with Crippen molar-refractivity contribution in [1.82, 2.24) is 5.32 Å². The van der Waals surface area contributed by atoms with Gasteiger partial charge < -0.3 is 10.2 Å². The van der Waals surface area contributed by atoms with E-state index in [4.69, 9.17) is 10.2 Å². The van der Waals surface area contributed by atoms with Crippen LogP contribution >= 0.6 is 0 Å². The second-order valence-corrected chi connectivity index (χ2v) is 2.43. The fraction of sp³-hybridized carbons (Fsp3) is 0.667. The van der Waals surface area contributed by atoms with Gasteiger partial charge in [0.25, 0.3) is 0 Å². The Kier molecular flexibility index (Phi) is 7.23. The summed E-state index contributed by atoms with van der Waals surface area (Å²) in [6.45, 7) is 3.36. The Morgan fingerprint density at radius 3 is 1.58 bits per heavy atom. The predicted octanol–water partition coefficient (Wildman–Crippen LogP) is -0.480. The zero-order chi connectivity index (χ0) is 9.02. The van der Waals surface area contributed by atoms with Gasteiger partial charge in [0.05, 0.1) is 0 Å². The summed E-state index contributed by atoms with van der Waals surface area (Å²) in [7, 11) is 0. The van der Waals surface area contributed by atoms with E-state index >= 15 is 0 Å². The number of rotatable bonds is 4. The Morgan fingerprint density at radius 2 is 1.50 bits per heavy atom. The van der Waals surface area contributed by atoms with Crippen molar-refractivity contribution in [3.05, 3.63) is 0 Å². The summed E-state index contributed by atoms with van der Waals surface area (Å²) in [6, 6.07) is -1.66. The Bertz CT molecular complexity index is 157. The molecular weight excluding hydrogens is 345 g/mol. The zero-order valence-electron chi connectivity index (χ0n) is 6.68. The number of carbonyl (C=O) groups is 2. The molecule has 12 heavy (non-hydrogen) atoms. The Morgan fingerprint density at radius 1 is 1.17 bits per heavy atom. The van der Waals surface area contributed by atoms with Gasteiger partial charge in [-0.25, -0.2) is 9.59 Å². The van der Waals surface area contributed by atoms with Crippen LogP contribution in [-0.4, -0.2) is 34.2 Å². The van der Waals surface area contributed by atoms with Crippen molar-refractivity contribution in [2.45, 2.75) is 25.9 Å². The van der Waals surface area contributed by atoms with Gasteiger partial charge in [-0.3, -0.25) is 5.32 Å². The van der Waals surface area contributed by atoms with Crippen molar-refractivity contribution in [1.29, 1.82) is 0 Å². The molecule has 0 spiro atoms. The number of hydrogen-bond acceptors (Lipinski definition) is 3. The monoisotopic (exact) mass is 356 g/mol. The third-order valence-electron chi connectivity index (χ3n) is 0.994. The quantitative estimate of drug-likeness (QED) is 0.593. The van der Waals surface area contributed by atoms with Crippen LogP contribution in [0.5, 0.6) is 0 Å². The molecule has 0 aromatic rings. The van der Waals surface area contributed by atoms with Crippen LogP contribution in [-0.2, 0) is 30.7 Å². The van der Waals surface area contributed by atoms with E-state index in [-0.39, 0.29) is 27.1 Å². The molecule has 0 heterocycles. The minimum absolute atomic E-state index is 0. The summed E-state index contributed by atoms with van der Waals surface area (Å²) in [5.74, 6) is -2.74. The third kappa shape index (κ3) is 5.27. The van der Waals surface area contributed by atoms with E-state index in [1.807, 2.05) is 0 Å². The van der Waals surface area contributed by atoms with Gasteiger partial charge >= 0.3 is 11.9 Å². The first-order chi connectivity index (χ1) is 4.95. The molecule has 0 amide bonds. The van der Waals surface area contributed by atoms with Crippen molar-refractivity contribution in [3.8, 4) is 0 Å². The molecular formula is C6H11NO4Pt. The van der Waals surface area contributed by atoms with Crippen LogP contribution in [0, 0.1) is 0 Å². The van der Waals surface area contributed by atoms with Crippen LogP contribution in [0.15, 0.2) is 0 Å². The van der Waals surface area contributed by atoms with Gasteiger partial charge in [0, 0.05) is 27.1 Å². The maximum atomic E-state index is 10.2. The molecule has 5 nitrogen and oxygen atoms in total. The van der Waals surface area contributed by atoms with Gasteiger partial charge in [0.1, 0.15) is 0 Å². The van der Waals surface area contributed by atoms with Crippen LogP contribution in [0.2, 0.25) is 0 Å². The topological polar surface area (TPSA) is 86.6 Å². The normalized spacial score (nSPS) is 9.67. The van der Waals surface area contributed by atoms with E-state index < -0.39 is 18.0 Å². The van der Waals surface area contributed by atoms with Crippen molar-refractivity contribution in [2.24, 2.45) is 0 Å². The fourth-order valence-electron chi connectivity index (χ4n) is 0.582. The molecule has 6 heteroatoms. The van der Waals surface area contributed by atoms with Crippen molar-refractivity contribution in [3.63, 3.8) is 0 Å². The average molecular weight is 356 g/mol. The largest absolute Gasteiger partial charge is 0.480 e. The molecule has 0 atom stereocenters. The van der Waals surface area contributed by atoms with Gasteiger partial charge in [-0.05, 0) is 13.8 Å². The summed E-state index contributed by atoms with van der Waals surface area (Å²) in [5.41, 5.74) is 0. The second-order valence-electron chi connectivity index (χ2n) is 2.43. The first-order valence-electron chi connectivity index (χ1n) is 3.16. The van der Waals surface area contributed by atoms with Gasteiger partial charge in [-0.2, -0.15) is 0 Å². The summed E-state index contributed by atoms with van der Waals surface area (Å²) in [4.78, 5) is 20.5. The third-order valence-corrected chi connectivity index (χ3v) is 0.994. The van der Waals surface area contributed by atoms with Gasteiger partial charge in [0.2, 0.25) is 6.04 Å². The number of aliphatic carboxylic acids is 2. The standard InChI is InChI=1S/C6H11NO4.Pt/c1-3(2)7-4(5(8)9)6(10)11;/h3-4,7H,1-2H3,(H,8,9)(H,10,11);. The van der Waals surface area contributed by atoms with Crippen LogP contribution in [0.3, 0.4) is 0 Å². The molecule has 0 saturated carbocycles. The van der Waals surface area contributed by atoms with Crippen LogP contribution in [0.4, 0.5) is 0 Å². The molecule has 0 rings (SSSR count). The van der Waals surface area contributed by atoms with E-state index in [1.54, 1.807) is 13.8 Å². The van der Waals surface area contributed by atoms with Gasteiger partial charge in [0.15, 0.2) is 0 Å². The molecule has 0 bridgehead atoms. The molecule has 0 aliphatic heterocycles. The van der Waals surface area contributed by atoms with Gasteiger partial charge in [-0.1, -0.05) is 0 Å². The SMILES string of the molecule is CC(C)NC(C(=O)O)C(=O)O.[Pt]. The summed E-state index contributed by atoms with van der Waals surface area (Å²) in [6.07, 6.45) is 0. The van der Waals surface area contributed by atoms with E-state index in [9.17, 15) is 9.59 Å². The van der Waals surface area contributed by atoms with E-state index in [2.05, 4.69) is 5.32 Å². The molecule has 0 aromatic carbocycles. The average Bonchev–Trinajstić information content (AvgIpc) is 1.81. The van der Waals surface area contributed by atoms with E-state index in [1.165, 1.54) is 0 Å². The van der Waals surface area contributed by atoms with E-state index in [0.717, 1.165) is 0 Å². The first kappa shape index (κ1) is 14.1. The maximum absolute atomic E-state index is 10.2.